The normalized spacial score (nSPS) is 18.3. The van der Waals surface area contributed by atoms with Gasteiger partial charge in [0.1, 0.15) is 24.2 Å². The van der Waals surface area contributed by atoms with E-state index < -0.39 is 71.7 Å². The third-order valence-corrected chi connectivity index (χ3v) is 14.5. The summed E-state index contributed by atoms with van der Waals surface area (Å²) in [5.74, 6) is -5.35. The molecule has 16 nitrogen and oxygen atoms in total. The maximum atomic E-state index is 15.9. The van der Waals surface area contributed by atoms with Crippen LogP contribution in [-0.4, -0.2) is 98.1 Å². The fraction of sp³-hybridized carbons (Fsp3) is 0.452. The molecule has 0 aliphatic carbocycles. The van der Waals surface area contributed by atoms with Crippen LogP contribution in [0, 0.1) is 23.7 Å². The van der Waals surface area contributed by atoms with E-state index in [9.17, 15) is 19.2 Å². The van der Waals surface area contributed by atoms with Gasteiger partial charge in [0.05, 0.1) is 71.5 Å². The summed E-state index contributed by atoms with van der Waals surface area (Å²) in [6.07, 6.45) is 0.851. The molecule has 0 saturated heterocycles. The highest BCUT2D eigenvalue weighted by Crippen LogP contribution is 2.55. The van der Waals surface area contributed by atoms with E-state index in [0.717, 1.165) is 0 Å². The number of rotatable bonds is 20. The Morgan fingerprint density at radius 2 is 0.615 bits per heavy atom. The molecule has 4 aromatic carbocycles. The van der Waals surface area contributed by atoms with Crippen LogP contribution in [0.2, 0.25) is 0 Å². The topological polar surface area (TPSA) is 186 Å². The Balaban J connectivity index is 1.47. The summed E-state index contributed by atoms with van der Waals surface area (Å²) in [6.45, 7) is 22.4. The Morgan fingerprint density at radius 3 is 0.897 bits per heavy atom. The quantitative estimate of drug-likeness (QED) is 0.0464. The number of para-hydroxylation sites is 2. The third-order valence-electron chi connectivity index (χ3n) is 14.5. The van der Waals surface area contributed by atoms with E-state index in [1.54, 1.807) is 100 Å². The lowest BCUT2D eigenvalue weighted by molar-refractivity contribution is -0.146. The Kier molecular flexibility index (Phi) is 16.8. The molecule has 0 N–H and O–H groups in total. The van der Waals surface area contributed by atoms with Crippen molar-refractivity contribution in [2.24, 2.45) is 23.7 Å². The molecule has 16 heteroatoms. The SMILES string of the molecule is CCOC(=O)C(CC(C)C)N1C(=O)/C(=C2/C(=O)N(C(CC(C)C)C(=O)OCC)c3c2ccc2c4c(ccc32)/C(=C2\C(=O)N(C(CC(C)C)C(=O)OCC)c3ccccc32)C(=O)N4C(CC(C)C)C(=O)OCC)c2ccccc21. The van der Waals surface area contributed by atoms with Gasteiger partial charge in [0.25, 0.3) is 23.6 Å². The molecular formula is C62H72N4O12. The second-order valence-corrected chi connectivity index (χ2v) is 21.8. The van der Waals surface area contributed by atoms with Crippen LogP contribution in [0.25, 0.3) is 33.1 Å². The summed E-state index contributed by atoms with van der Waals surface area (Å²) in [6, 6.07) is 16.3. The van der Waals surface area contributed by atoms with Crippen molar-refractivity contribution in [3.63, 3.8) is 0 Å². The van der Waals surface area contributed by atoms with Crippen LogP contribution in [0.5, 0.6) is 0 Å². The predicted octanol–water partition coefficient (Wildman–Crippen LogP) is 9.96. The molecule has 4 aromatic rings. The first-order valence-corrected chi connectivity index (χ1v) is 27.5. The molecule has 4 unspecified atom stereocenters. The van der Waals surface area contributed by atoms with Gasteiger partial charge >= 0.3 is 23.9 Å². The second kappa shape index (κ2) is 23.1. The minimum Gasteiger partial charge on any atom is -0.464 e. The van der Waals surface area contributed by atoms with E-state index in [1.165, 1.54) is 19.6 Å². The van der Waals surface area contributed by atoms with Gasteiger partial charge in [0.15, 0.2) is 0 Å². The molecule has 78 heavy (non-hydrogen) atoms. The predicted molar refractivity (Wildman–Crippen MR) is 300 cm³/mol. The number of carbonyl (C=O) groups excluding carboxylic acids is 8. The van der Waals surface area contributed by atoms with Crippen LogP contribution in [0.15, 0.2) is 72.8 Å². The lowest BCUT2D eigenvalue weighted by Crippen LogP contribution is -2.46. The molecule has 4 atom stereocenters. The van der Waals surface area contributed by atoms with Crippen LogP contribution in [-0.2, 0) is 57.3 Å². The van der Waals surface area contributed by atoms with E-state index in [2.05, 4.69) is 0 Å². The van der Waals surface area contributed by atoms with Crippen molar-refractivity contribution in [3.8, 4) is 0 Å². The smallest absolute Gasteiger partial charge is 0.329 e. The maximum absolute atomic E-state index is 15.9. The number of hydrogen-bond acceptors (Lipinski definition) is 12. The molecule has 4 aliphatic heterocycles. The monoisotopic (exact) mass is 1060 g/mol. The zero-order valence-electron chi connectivity index (χ0n) is 46.9. The summed E-state index contributed by atoms with van der Waals surface area (Å²) < 4.78 is 22.6. The average molecular weight is 1070 g/mol. The number of fused-ring (bicyclic) bond motifs is 7. The molecule has 4 aliphatic rings. The second-order valence-electron chi connectivity index (χ2n) is 21.8. The van der Waals surface area contributed by atoms with E-state index in [4.69, 9.17) is 18.9 Å². The Labute approximate surface area is 456 Å². The van der Waals surface area contributed by atoms with Gasteiger partial charge < -0.3 is 18.9 Å². The number of esters is 4. The lowest BCUT2D eigenvalue weighted by Gasteiger charge is -2.30. The van der Waals surface area contributed by atoms with Gasteiger partial charge in [0, 0.05) is 33.0 Å². The van der Waals surface area contributed by atoms with Gasteiger partial charge in [-0.1, -0.05) is 116 Å². The first kappa shape index (κ1) is 56.6. The summed E-state index contributed by atoms with van der Waals surface area (Å²) in [5, 5.41) is 0.784. The minimum absolute atomic E-state index is 0.00306. The Morgan fingerprint density at radius 1 is 0.359 bits per heavy atom. The van der Waals surface area contributed by atoms with Gasteiger partial charge in [-0.3, -0.25) is 38.8 Å². The van der Waals surface area contributed by atoms with Crippen LogP contribution >= 0.6 is 0 Å². The fourth-order valence-electron chi connectivity index (χ4n) is 11.6. The molecule has 0 radical (unpaired) electrons. The molecule has 0 bridgehead atoms. The molecule has 0 aromatic heterocycles. The zero-order chi connectivity index (χ0) is 56.6. The first-order valence-electron chi connectivity index (χ1n) is 27.5. The molecule has 4 heterocycles. The number of carbonyl (C=O) groups is 8. The van der Waals surface area contributed by atoms with Gasteiger partial charge in [-0.25, -0.2) is 19.2 Å². The van der Waals surface area contributed by atoms with Gasteiger partial charge in [-0.15, -0.1) is 0 Å². The zero-order valence-corrected chi connectivity index (χ0v) is 46.9. The van der Waals surface area contributed by atoms with Crippen molar-refractivity contribution in [1.29, 1.82) is 0 Å². The largest absolute Gasteiger partial charge is 0.464 e. The highest BCUT2D eigenvalue weighted by molar-refractivity contribution is 6.53. The maximum Gasteiger partial charge on any atom is 0.329 e. The molecule has 4 amide bonds. The number of benzene rings is 4. The number of amides is 4. The van der Waals surface area contributed by atoms with E-state index in [1.807, 2.05) is 55.4 Å². The molecule has 0 saturated carbocycles. The van der Waals surface area contributed by atoms with Gasteiger partial charge in [-0.05, 0) is 89.2 Å². The summed E-state index contributed by atoms with van der Waals surface area (Å²) in [4.78, 5) is 125. The number of ether oxygens (including phenoxy) is 4. The molecule has 8 rings (SSSR count). The van der Waals surface area contributed by atoms with E-state index in [-0.39, 0.29) is 109 Å². The van der Waals surface area contributed by atoms with Crippen molar-refractivity contribution < 1.29 is 57.3 Å². The highest BCUT2D eigenvalue weighted by Gasteiger charge is 2.52. The summed E-state index contributed by atoms with van der Waals surface area (Å²) in [7, 11) is 0. The molecule has 0 spiro atoms. The van der Waals surface area contributed by atoms with Gasteiger partial charge in [-0.2, -0.15) is 0 Å². The standard InChI is InChI=1S/C62H72N4O12/c1-13-75-59(71)45(29-33(5)6)63-43-23-19-17-21-39(43)49(55(63)67)51-41-27-25-38-37(53(41)65(57(51)69)47(31-35(9)10)61(73)77-15-3)26-28-42-52(58(70)66(54(38)42)48(32-36(11)12)62(74)78-16-4)50-40-22-18-20-24-44(40)64(56(50)68)46(30-34(7)8)60(72)76-14-2/h17-28,33-36,45-48H,13-16,29-32H2,1-12H3/b51-49+,52-50+. The Hall–Kier alpha value is -7.62. The van der Waals surface area contributed by atoms with Crippen LogP contribution in [0.3, 0.4) is 0 Å². The fourth-order valence-corrected chi connectivity index (χ4v) is 11.6. The van der Waals surface area contributed by atoms with Crippen molar-refractivity contribution in [2.75, 3.05) is 46.0 Å². The van der Waals surface area contributed by atoms with E-state index >= 15 is 19.2 Å². The lowest BCUT2D eigenvalue weighted by atomic mass is 9.91. The first-order chi connectivity index (χ1) is 37.2. The Bertz CT molecular complexity index is 2960. The summed E-state index contributed by atoms with van der Waals surface area (Å²) >= 11 is 0. The van der Waals surface area contributed by atoms with Crippen molar-refractivity contribution in [2.45, 2.75) is 133 Å². The number of hydrogen-bond donors (Lipinski definition) is 0. The van der Waals surface area contributed by atoms with Crippen molar-refractivity contribution in [3.05, 3.63) is 95.1 Å². The summed E-state index contributed by atoms with van der Waals surface area (Å²) in [5.41, 5.74) is 2.89. The van der Waals surface area contributed by atoms with Crippen LogP contribution < -0.4 is 19.6 Å². The molecule has 0 fully saturated rings. The average Bonchev–Trinajstić information content (AvgIpc) is 4.26. The third kappa shape index (κ3) is 9.98. The van der Waals surface area contributed by atoms with Crippen LogP contribution in [0.1, 0.15) is 131 Å². The minimum atomic E-state index is -1.20. The van der Waals surface area contributed by atoms with Crippen molar-refractivity contribution >= 4 is 103 Å². The highest BCUT2D eigenvalue weighted by atomic mass is 16.5. The molecular weight excluding hydrogens is 993 g/mol. The molecule has 412 valence electrons. The van der Waals surface area contributed by atoms with E-state index in [0.29, 0.717) is 44.4 Å². The van der Waals surface area contributed by atoms with Crippen molar-refractivity contribution in [1.82, 2.24) is 0 Å². The number of anilines is 4. The van der Waals surface area contributed by atoms with Gasteiger partial charge in [0.2, 0.25) is 0 Å². The number of nitrogens with zero attached hydrogens (tertiary/aromatic N) is 4. The van der Waals surface area contributed by atoms with Crippen LogP contribution in [0.4, 0.5) is 22.7 Å².